The molecule has 0 bridgehead atoms. The summed E-state index contributed by atoms with van der Waals surface area (Å²) in [5.74, 6) is -0.514. The van der Waals surface area contributed by atoms with Gasteiger partial charge in [0.1, 0.15) is 4.88 Å². The van der Waals surface area contributed by atoms with Gasteiger partial charge in [0.2, 0.25) is 5.91 Å². The molecule has 1 aliphatic heterocycles. The fraction of sp³-hybridized carbons (Fsp3) is 0.389. The number of aromatic nitrogens is 1. The molecule has 24 heavy (non-hydrogen) atoms. The predicted molar refractivity (Wildman–Crippen MR) is 92.5 cm³/mol. The summed E-state index contributed by atoms with van der Waals surface area (Å²) in [6.45, 7) is 3.44. The van der Waals surface area contributed by atoms with Crippen molar-refractivity contribution in [3.05, 3.63) is 51.5 Å². The maximum Gasteiger partial charge on any atom is 0.347 e. The summed E-state index contributed by atoms with van der Waals surface area (Å²) < 4.78 is 0. The number of amides is 1. The van der Waals surface area contributed by atoms with E-state index in [1.165, 1.54) is 17.5 Å². The minimum atomic E-state index is -0.926. The molecule has 5 nitrogen and oxygen atoms in total. The van der Waals surface area contributed by atoms with Gasteiger partial charge in [0.25, 0.3) is 0 Å². The Kier molecular flexibility index (Phi) is 4.94. The molecule has 1 aliphatic rings. The zero-order valence-electron chi connectivity index (χ0n) is 13.6. The Labute approximate surface area is 145 Å². The lowest BCUT2D eigenvalue weighted by molar-refractivity contribution is -0.131. The number of carbonyl (C=O) groups excluding carboxylic acids is 1. The standard InChI is InChI=1S/C18H20N2O3S/c1-12-3-2-4-13(9-12)10-16(21)20-7-5-14(6-8-20)17-19-11-15(24-17)18(22)23/h2-4,9,11,14H,5-8,10H2,1H3,(H,22,23). The van der Waals surface area contributed by atoms with Crippen LogP contribution in [0.4, 0.5) is 0 Å². The van der Waals surface area contributed by atoms with Gasteiger partial charge < -0.3 is 10.0 Å². The number of benzene rings is 1. The number of carbonyl (C=O) groups is 2. The quantitative estimate of drug-likeness (QED) is 0.925. The Morgan fingerprint density at radius 2 is 2.08 bits per heavy atom. The van der Waals surface area contributed by atoms with Crippen LogP contribution in [0, 0.1) is 6.92 Å². The van der Waals surface area contributed by atoms with Crippen LogP contribution < -0.4 is 0 Å². The van der Waals surface area contributed by atoms with Crippen molar-refractivity contribution >= 4 is 23.2 Å². The summed E-state index contributed by atoms with van der Waals surface area (Å²) in [4.78, 5) is 29.8. The molecule has 3 rings (SSSR count). The van der Waals surface area contributed by atoms with E-state index in [4.69, 9.17) is 5.11 Å². The van der Waals surface area contributed by atoms with Crippen molar-refractivity contribution in [1.29, 1.82) is 0 Å². The molecule has 1 saturated heterocycles. The van der Waals surface area contributed by atoms with Gasteiger partial charge in [-0.25, -0.2) is 9.78 Å². The number of piperidine rings is 1. The first-order chi connectivity index (χ1) is 11.5. The molecule has 0 atom stereocenters. The van der Waals surface area contributed by atoms with E-state index in [2.05, 4.69) is 4.98 Å². The highest BCUT2D eigenvalue weighted by atomic mass is 32.1. The lowest BCUT2D eigenvalue weighted by atomic mass is 9.97. The van der Waals surface area contributed by atoms with Gasteiger partial charge in [-0.05, 0) is 25.3 Å². The fourth-order valence-corrected chi connectivity index (χ4v) is 3.99. The lowest BCUT2D eigenvalue weighted by Crippen LogP contribution is -2.38. The van der Waals surface area contributed by atoms with Crippen LogP contribution in [-0.4, -0.2) is 40.0 Å². The lowest BCUT2D eigenvalue weighted by Gasteiger charge is -2.31. The van der Waals surface area contributed by atoms with Gasteiger partial charge in [0.15, 0.2) is 0 Å². The minimum Gasteiger partial charge on any atom is -0.477 e. The molecule has 1 aromatic carbocycles. The average Bonchev–Trinajstić information content (AvgIpc) is 3.05. The number of aryl methyl sites for hydroxylation is 1. The van der Waals surface area contributed by atoms with Gasteiger partial charge >= 0.3 is 5.97 Å². The van der Waals surface area contributed by atoms with Gasteiger partial charge in [-0.15, -0.1) is 11.3 Å². The van der Waals surface area contributed by atoms with Crippen LogP contribution >= 0.6 is 11.3 Å². The van der Waals surface area contributed by atoms with Crippen LogP contribution in [0.25, 0.3) is 0 Å². The van der Waals surface area contributed by atoms with Crippen LogP contribution in [0.2, 0.25) is 0 Å². The normalized spacial score (nSPS) is 15.5. The van der Waals surface area contributed by atoms with Crippen LogP contribution in [0.3, 0.4) is 0 Å². The molecule has 1 aromatic heterocycles. The van der Waals surface area contributed by atoms with E-state index in [-0.39, 0.29) is 16.7 Å². The van der Waals surface area contributed by atoms with Gasteiger partial charge in [0, 0.05) is 19.0 Å². The molecule has 1 fully saturated rings. The Balaban J connectivity index is 1.56. The van der Waals surface area contributed by atoms with Crippen LogP contribution in [0.1, 0.15) is 44.6 Å². The Bertz CT molecular complexity index is 748. The van der Waals surface area contributed by atoms with Gasteiger partial charge in [-0.2, -0.15) is 0 Å². The highest BCUT2D eigenvalue weighted by Gasteiger charge is 2.26. The van der Waals surface area contributed by atoms with Crippen molar-refractivity contribution in [1.82, 2.24) is 9.88 Å². The molecule has 1 N–H and O–H groups in total. The molecule has 0 radical (unpaired) electrons. The summed E-state index contributed by atoms with van der Waals surface area (Å²) in [6, 6.07) is 8.04. The van der Waals surface area contributed by atoms with Gasteiger partial charge in [-0.3, -0.25) is 4.79 Å². The smallest absolute Gasteiger partial charge is 0.347 e. The Morgan fingerprint density at radius 1 is 1.33 bits per heavy atom. The van der Waals surface area contributed by atoms with E-state index >= 15 is 0 Å². The van der Waals surface area contributed by atoms with Crippen molar-refractivity contribution < 1.29 is 14.7 Å². The van der Waals surface area contributed by atoms with E-state index in [0.29, 0.717) is 19.5 Å². The van der Waals surface area contributed by atoms with Crippen molar-refractivity contribution in [2.24, 2.45) is 0 Å². The van der Waals surface area contributed by atoms with Crippen molar-refractivity contribution in [2.45, 2.75) is 32.1 Å². The SMILES string of the molecule is Cc1cccc(CC(=O)N2CCC(c3ncc(C(=O)O)s3)CC2)c1. The number of hydrogen-bond donors (Lipinski definition) is 1. The molecule has 2 heterocycles. The molecule has 0 saturated carbocycles. The predicted octanol–water partition coefficient (Wildman–Crippen LogP) is 3.10. The van der Waals surface area contributed by atoms with Gasteiger partial charge in [0.05, 0.1) is 17.6 Å². The molecule has 6 heteroatoms. The second-order valence-electron chi connectivity index (χ2n) is 6.19. The second kappa shape index (κ2) is 7.13. The summed E-state index contributed by atoms with van der Waals surface area (Å²) >= 11 is 1.25. The van der Waals surface area contributed by atoms with Crippen LogP contribution in [-0.2, 0) is 11.2 Å². The zero-order chi connectivity index (χ0) is 17.1. The first-order valence-electron chi connectivity index (χ1n) is 8.05. The van der Waals surface area contributed by atoms with Gasteiger partial charge in [-0.1, -0.05) is 29.8 Å². The van der Waals surface area contributed by atoms with Crippen LogP contribution in [0.5, 0.6) is 0 Å². The Hall–Kier alpha value is -2.21. The van der Waals surface area contributed by atoms with Crippen molar-refractivity contribution in [2.75, 3.05) is 13.1 Å². The number of carboxylic acid groups (broad SMARTS) is 1. The number of likely N-dealkylation sites (tertiary alicyclic amines) is 1. The molecular weight excluding hydrogens is 324 g/mol. The average molecular weight is 344 g/mol. The van der Waals surface area contributed by atoms with Crippen LogP contribution in [0.15, 0.2) is 30.5 Å². The molecule has 0 aliphatic carbocycles. The van der Waals surface area contributed by atoms with E-state index in [9.17, 15) is 9.59 Å². The van der Waals surface area contributed by atoms with E-state index in [1.807, 2.05) is 36.1 Å². The highest BCUT2D eigenvalue weighted by Crippen LogP contribution is 2.31. The topological polar surface area (TPSA) is 70.5 Å². The number of nitrogens with zero attached hydrogens (tertiary/aromatic N) is 2. The molecule has 126 valence electrons. The Morgan fingerprint density at radius 3 is 2.71 bits per heavy atom. The zero-order valence-corrected chi connectivity index (χ0v) is 14.4. The number of thiazole rings is 1. The second-order valence-corrected chi connectivity index (χ2v) is 7.25. The number of carboxylic acids is 1. The highest BCUT2D eigenvalue weighted by molar-refractivity contribution is 7.13. The molecular formula is C18H20N2O3S. The maximum absolute atomic E-state index is 12.5. The first kappa shape index (κ1) is 16.6. The fourth-order valence-electron chi connectivity index (χ4n) is 3.06. The van der Waals surface area contributed by atoms with E-state index in [0.717, 1.165) is 29.0 Å². The largest absolute Gasteiger partial charge is 0.477 e. The summed E-state index contributed by atoms with van der Waals surface area (Å²) in [5, 5.41) is 9.86. The number of rotatable bonds is 4. The third kappa shape index (κ3) is 3.82. The molecule has 0 unspecified atom stereocenters. The van der Waals surface area contributed by atoms with E-state index in [1.54, 1.807) is 0 Å². The third-order valence-electron chi connectivity index (χ3n) is 4.37. The summed E-state index contributed by atoms with van der Waals surface area (Å²) in [7, 11) is 0. The summed E-state index contributed by atoms with van der Waals surface area (Å²) in [6.07, 6.45) is 3.54. The van der Waals surface area contributed by atoms with Crippen molar-refractivity contribution in [3.8, 4) is 0 Å². The monoisotopic (exact) mass is 344 g/mol. The minimum absolute atomic E-state index is 0.157. The molecule has 1 amide bonds. The number of aromatic carboxylic acids is 1. The number of hydrogen-bond acceptors (Lipinski definition) is 4. The third-order valence-corrected chi connectivity index (χ3v) is 5.52. The van der Waals surface area contributed by atoms with Crippen molar-refractivity contribution in [3.63, 3.8) is 0 Å². The first-order valence-corrected chi connectivity index (χ1v) is 8.87. The summed E-state index contributed by atoms with van der Waals surface area (Å²) in [5.41, 5.74) is 2.21. The molecule has 0 spiro atoms. The van der Waals surface area contributed by atoms with E-state index < -0.39 is 5.97 Å². The maximum atomic E-state index is 12.5. The molecule has 2 aromatic rings.